The van der Waals surface area contributed by atoms with Gasteiger partial charge in [0.1, 0.15) is 6.26 Å². The zero-order chi connectivity index (χ0) is 20.1. The molecule has 8 heteroatoms. The van der Waals surface area contributed by atoms with Gasteiger partial charge in [-0.15, -0.1) is 0 Å². The molecule has 1 aromatic heterocycles. The van der Waals surface area contributed by atoms with Gasteiger partial charge in [-0.05, 0) is 25.7 Å². The molecule has 1 aromatic rings. The standard InChI is InChI=1S/C20H31N3O5/c1-20(2,3)19(25)23(11-15-7-5-9-27-15)12-17-22-16(13-28-17)18(24)21-10-14-6-4-8-26-14/h13-15H,4-12H2,1-3H3,(H,21,24)/t14-,15+/m1/s1. The van der Waals surface area contributed by atoms with Gasteiger partial charge in [-0.25, -0.2) is 4.98 Å². The Bertz CT molecular complexity index is 670. The normalized spacial score (nSPS) is 22.4. The second-order valence-corrected chi connectivity index (χ2v) is 8.54. The van der Waals surface area contributed by atoms with Gasteiger partial charge in [-0.3, -0.25) is 9.59 Å². The molecule has 3 heterocycles. The average Bonchev–Trinajstić information content (AvgIpc) is 3.40. The lowest BCUT2D eigenvalue weighted by Crippen LogP contribution is -2.43. The first-order valence-electron chi connectivity index (χ1n) is 10.1. The van der Waals surface area contributed by atoms with Gasteiger partial charge in [0, 0.05) is 31.7 Å². The molecule has 0 bridgehead atoms. The molecule has 2 amide bonds. The summed E-state index contributed by atoms with van der Waals surface area (Å²) in [5, 5.41) is 2.83. The van der Waals surface area contributed by atoms with E-state index >= 15 is 0 Å². The highest BCUT2D eigenvalue weighted by molar-refractivity contribution is 5.91. The van der Waals surface area contributed by atoms with Crippen LogP contribution in [0.5, 0.6) is 0 Å². The number of hydrogen-bond donors (Lipinski definition) is 1. The van der Waals surface area contributed by atoms with Crippen LogP contribution >= 0.6 is 0 Å². The highest BCUT2D eigenvalue weighted by atomic mass is 16.5. The molecule has 0 aliphatic carbocycles. The van der Waals surface area contributed by atoms with Gasteiger partial charge in [0.15, 0.2) is 5.69 Å². The molecule has 156 valence electrons. The van der Waals surface area contributed by atoms with E-state index in [4.69, 9.17) is 13.9 Å². The zero-order valence-electron chi connectivity index (χ0n) is 17.0. The van der Waals surface area contributed by atoms with E-state index in [0.29, 0.717) is 19.0 Å². The number of nitrogens with one attached hydrogen (secondary N) is 1. The lowest BCUT2D eigenvalue weighted by Gasteiger charge is -2.30. The fraction of sp³-hybridized carbons (Fsp3) is 0.750. The van der Waals surface area contributed by atoms with Crippen LogP contribution in [-0.2, 0) is 20.8 Å². The molecule has 8 nitrogen and oxygen atoms in total. The molecular formula is C20H31N3O5. The number of oxazole rings is 1. The van der Waals surface area contributed by atoms with E-state index in [9.17, 15) is 9.59 Å². The van der Waals surface area contributed by atoms with Crippen molar-refractivity contribution in [2.75, 3.05) is 26.3 Å². The summed E-state index contributed by atoms with van der Waals surface area (Å²) < 4.78 is 16.7. The summed E-state index contributed by atoms with van der Waals surface area (Å²) in [5.41, 5.74) is -0.305. The van der Waals surface area contributed by atoms with Crippen molar-refractivity contribution in [1.82, 2.24) is 15.2 Å². The Balaban J connectivity index is 1.60. The Labute approximate surface area is 165 Å². The predicted octanol–water partition coefficient (Wildman–Crippen LogP) is 2.14. The summed E-state index contributed by atoms with van der Waals surface area (Å²) >= 11 is 0. The van der Waals surface area contributed by atoms with Crippen LogP contribution in [0.25, 0.3) is 0 Å². The number of carbonyl (C=O) groups excluding carboxylic acids is 2. The molecule has 1 N–H and O–H groups in total. The van der Waals surface area contributed by atoms with Crippen LogP contribution in [0.2, 0.25) is 0 Å². The Kier molecular flexibility index (Phi) is 6.72. The van der Waals surface area contributed by atoms with Crippen LogP contribution in [-0.4, -0.2) is 60.2 Å². The van der Waals surface area contributed by atoms with E-state index in [1.54, 1.807) is 4.90 Å². The van der Waals surface area contributed by atoms with Crippen molar-refractivity contribution >= 4 is 11.8 Å². The number of ether oxygens (including phenoxy) is 2. The molecule has 2 saturated heterocycles. The summed E-state index contributed by atoms with van der Waals surface area (Å²) in [7, 11) is 0. The molecular weight excluding hydrogens is 362 g/mol. The van der Waals surface area contributed by atoms with Gasteiger partial charge in [0.2, 0.25) is 11.8 Å². The minimum atomic E-state index is -0.521. The van der Waals surface area contributed by atoms with E-state index in [-0.39, 0.29) is 36.3 Å². The fourth-order valence-electron chi connectivity index (χ4n) is 3.48. The Morgan fingerprint density at radius 1 is 1.18 bits per heavy atom. The minimum absolute atomic E-state index is 0.00517. The third-order valence-electron chi connectivity index (χ3n) is 5.00. The molecule has 2 atom stereocenters. The van der Waals surface area contributed by atoms with Crippen molar-refractivity contribution in [3.05, 3.63) is 17.8 Å². The number of aromatic nitrogens is 1. The molecule has 0 radical (unpaired) electrons. The summed E-state index contributed by atoms with van der Waals surface area (Å²) in [6.45, 7) is 8.32. The van der Waals surface area contributed by atoms with Crippen molar-refractivity contribution in [2.45, 2.75) is 65.2 Å². The monoisotopic (exact) mass is 393 g/mol. The molecule has 28 heavy (non-hydrogen) atoms. The number of rotatable bonds is 7. The highest BCUT2D eigenvalue weighted by Crippen LogP contribution is 2.22. The maximum Gasteiger partial charge on any atom is 0.273 e. The van der Waals surface area contributed by atoms with Gasteiger partial charge in [0.05, 0.1) is 18.8 Å². The van der Waals surface area contributed by atoms with Gasteiger partial charge < -0.3 is 24.1 Å². The molecule has 0 unspecified atom stereocenters. The molecule has 3 rings (SSSR count). The Morgan fingerprint density at radius 3 is 2.46 bits per heavy atom. The minimum Gasteiger partial charge on any atom is -0.446 e. The second-order valence-electron chi connectivity index (χ2n) is 8.54. The molecule has 2 aliphatic heterocycles. The first-order chi connectivity index (χ1) is 13.3. The topological polar surface area (TPSA) is 93.9 Å². The van der Waals surface area contributed by atoms with Gasteiger partial charge in [-0.2, -0.15) is 0 Å². The van der Waals surface area contributed by atoms with E-state index in [0.717, 1.165) is 38.9 Å². The smallest absolute Gasteiger partial charge is 0.273 e. The molecule has 0 saturated carbocycles. The lowest BCUT2D eigenvalue weighted by molar-refractivity contribution is -0.142. The summed E-state index contributed by atoms with van der Waals surface area (Å²) in [6.07, 6.45) is 5.38. The van der Waals surface area contributed by atoms with Crippen molar-refractivity contribution in [3.63, 3.8) is 0 Å². The van der Waals surface area contributed by atoms with Crippen molar-refractivity contribution in [2.24, 2.45) is 5.41 Å². The molecule has 0 spiro atoms. The maximum absolute atomic E-state index is 12.9. The number of hydrogen-bond acceptors (Lipinski definition) is 6. The molecule has 2 fully saturated rings. The fourth-order valence-corrected chi connectivity index (χ4v) is 3.48. The van der Waals surface area contributed by atoms with Gasteiger partial charge in [0.25, 0.3) is 5.91 Å². The summed E-state index contributed by atoms with van der Waals surface area (Å²) in [4.78, 5) is 31.1. The van der Waals surface area contributed by atoms with Gasteiger partial charge in [-0.1, -0.05) is 20.8 Å². The van der Waals surface area contributed by atoms with Crippen LogP contribution in [0.3, 0.4) is 0 Å². The summed E-state index contributed by atoms with van der Waals surface area (Å²) in [6, 6.07) is 0. The second kappa shape index (κ2) is 9.05. The van der Waals surface area contributed by atoms with Crippen LogP contribution in [0.15, 0.2) is 10.7 Å². The molecule has 2 aliphatic rings. The van der Waals surface area contributed by atoms with Crippen molar-refractivity contribution < 1.29 is 23.5 Å². The van der Waals surface area contributed by atoms with Crippen molar-refractivity contribution in [1.29, 1.82) is 0 Å². The summed E-state index contributed by atoms with van der Waals surface area (Å²) in [5.74, 6) is 0.0572. The number of nitrogens with zero attached hydrogens (tertiary/aromatic N) is 2. The van der Waals surface area contributed by atoms with E-state index in [2.05, 4.69) is 10.3 Å². The third kappa shape index (κ3) is 5.54. The van der Waals surface area contributed by atoms with E-state index < -0.39 is 5.41 Å². The quantitative estimate of drug-likeness (QED) is 0.763. The SMILES string of the molecule is CC(C)(C)C(=O)N(Cc1nc(C(=O)NC[C@H]2CCCO2)co1)C[C@@H]1CCCO1. The zero-order valence-corrected chi connectivity index (χ0v) is 17.0. The highest BCUT2D eigenvalue weighted by Gasteiger charge is 2.31. The Morgan fingerprint density at radius 2 is 1.86 bits per heavy atom. The number of carbonyl (C=O) groups is 2. The predicted molar refractivity (Wildman–Crippen MR) is 102 cm³/mol. The lowest BCUT2D eigenvalue weighted by atomic mass is 9.94. The molecule has 0 aromatic carbocycles. The van der Waals surface area contributed by atoms with Crippen molar-refractivity contribution in [3.8, 4) is 0 Å². The first kappa shape index (κ1) is 20.8. The van der Waals surface area contributed by atoms with E-state index in [1.165, 1.54) is 6.26 Å². The van der Waals surface area contributed by atoms with Crippen LogP contribution in [0.4, 0.5) is 0 Å². The Hall–Kier alpha value is -1.93. The third-order valence-corrected chi connectivity index (χ3v) is 5.00. The largest absolute Gasteiger partial charge is 0.446 e. The maximum atomic E-state index is 12.9. The first-order valence-corrected chi connectivity index (χ1v) is 10.1. The van der Waals surface area contributed by atoms with E-state index in [1.807, 2.05) is 20.8 Å². The van der Waals surface area contributed by atoms with Gasteiger partial charge >= 0.3 is 0 Å². The number of amides is 2. The van der Waals surface area contributed by atoms with Crippen LogP contribution in [0.1, 0.15) is 62.8 Å². The van der Waals surface area contributed by atoms with Crippen LogP contribution in [0, 0.1) is 5.41 Å². The van der Waals surface area contributed by atoms with Crippen LogP contribution < -0.4 is 5.32 Å². The average molecular weight is 393 g/mol.